The molecule has 0 fully saturated rings. The normalized spacial score (nSPS) is 15.3. The molecule has 0 N–H and O–H groups in total. The van der Waals surface area contributed by atoms with Crippen molar-refractivity contribution in [2.45, 2.75) is 6.04 Å². The lowest BCUT2D eigenvalue weighted by molar-refractivity contribution is 0.363. The second-order valence-corrected chi connectivity index (χ2v) is 9.69. The van der Waals surface area contributed by atoms with Crippen LogP contribution in [0.5, 0.6) is 5.75 Å². The van der Waals surface area contributed by atoms with Gasteiger partial charge in [0.25, 0.3) is 5.56 Å². The third kappa shape index (κ3) is 4.60. The molecule has 6 heteroatoms. The fourth-order valence-corrected chi connectivity index (χ4v) is 5.10. The molecule has 0 bridgehead atoms. The maximum atomic E-state index is 13.5. The zero-order valence-electron chi connectivity index (χ0n) is 18.2. The van der Waals surface area contributed by atoms with Crippen molar-refractivity contribution in [1.29, 1.82) is 0 Å². The lowest BCUT2D eigenvalue weighted by Crippen LogP contribution is -2.36. The summed E-state index contributed by atoms with van der Waals surface area (Å²) in [6, 6.07) is 25.6. The summed E-state index contributed by atoms with van der Waals surface area (Å²) in [7, 11) is 0. The Balaban J connectivity index is 1.62. The number of hydrogen-bond donors (Lipinski definition) is 0. The SMILES string of the molecule is C=CCOc1ccc(C=c2sc3n(c2=O)C(c2ccc(Br)cc2)C=C(c2ccccc2)N=3)cc1. The largest absolute Gasteiger partial charge is 0.490 e. The molecule has 168 valence electrons. The maximum Gasteiger partial charge on any atom is 0.271 e. The third-order valence-electron chi connectivity index (χ3n) is 5.47. The Morgan fingerprint density at radius 1 is 1.03 bits per heavy atom. The van der Waals surface area contributed by atoms with Gasteiger partial charge >= 0.3 is 0 Å². The lowest BCUT2D eigenvalue weighted by atomic mass is 10.0. The Bertz CT molecular complexity index is 1530. The minimum absolute atomic E-state index is 0.0491. The highest BCUT2D eigenvalue weighted by Crippen LogP contribution is 2.27. The minimum atomic E-state index is -0.239. The summed E-state index contributed by atoms with van der Waals surface area (Å²) >= 11 is 4.91. The molecule has 1 aromatic heterocycles. The topological polar surface area (TPSA) is 43.6 Å². The first-order chi connectivity index (χ1) is 16.6. The van der Waals surface area contributed by atoms with Gasteiger partial charge in [-0.1, -0.05) is 94.5 Å². The van der Waals surface area contributed by atoms with Gasteiger partial charge in [-0.25, -0.2) is 4.99 Å². The Kier molecular flexibility index (Phi) is 6.43. The number of allylic oxidation sites excluding steroid dienone is 1. The van der Waals surface area contributed by atoms with Crippen LogP contribution in [-0.4, -0.2) is 11.2 Å². The van der Waals surface area contributed by atoms with Crippen molar-refractivity contribution in [2.75, 3.05) is 6.61 Å². The van der Waals surface area contributed by atoms with Crippen molar-refractivity contribution in [3.05, 3.63) is 138 Å². The lowest BCUT2D eigenvalue weighted by Gasteiger charge is -2.19. The van der Waals surface area contributed by atoms with Crippen molar-refractivity contribution in [2.24, 2.45) is 4.99 Å². The summed E-state index contributed by atoms with van der Waals surface area (Å²) in [6.45, 7) is 4.12. The van der Waals surface area contributed by atoms with Crippen LogP contribution < -0.4 is 19.6 Å². The molecule has 34 heavy (non-hydrogen) atoms. The predicted molar refractivity (Wildman–Crippen MR) is 142 cm³/mol. The smallest absolute Gasteiger partial charge is 0.271 e. The van der Waals surface area contributed by atoms with Gasteiger partial charge < -0.3 is 4.74 Å². The Hall–Kier alpha value is -3.48. The summed E-state index contributed by atoms with van der Waals surface area (Å²) in [5.41, 5.74) is 3.80. The standard InChI is InChI=1S/C28H21BrN2O2S/c1-2-16-33-23-14-8-19(9-15-23)17-26-27(32)31-25(21-10-12-22(29)13-11-21)18-24(30-28(31)34-26)20-6-4-3-5-7-20/h2-15,17-18,25H,1,16H2. The van der Waals surface area contributed by atoms with Crippen molar-refractivity contribution in [3.8, 4) is 5.75 Å². The molecule has 1 atom stereocenters. The third-order valence-corrected chi connectivity index (χ3v) is 6.99. The number of rotatable bonds is 6. The highest BCUT2D eigenvalue weighted by Gasteiger charge is 2.22. The van der Waals surface area contributed by atoms with E-state index < -0.39 is 0 Å². The van der Waals surface area contributed by atoms with Crippen molar-refractivity contribution < 1.29 is 4.74 Å². The van der Waals surface area contributed by atoms with E-state index in [2.05, 4.69) is 28.6 Å². The number of halogens is 1. The van der Waals surface area contributed by atoms with Crippen LogP contribution in [0.15, 0.2) is 112 Å². The van der Waals surface area contributed by atoms with E-state index in [4.69, 9.17) is 9.73 Å². The number of thiazole rings is 1. The number of aromatic nitrogens is 1. The molecular formula is C28H21BrN2O2S. The van der Waals surface area contributed by atoms with Gasteiger partial charge in [0.15, 0.2) is 4.80 Å². The van der Waals surface area contributed by atoms with Crippen LogP contribution in [-0.2, 0) is 0 Å². The summed E-state index contributed by atoms with van der Waals surface area (Å²) in [5.74, 6) is 0.765. The molecule has 1 aliphatic rings. The maximum absolute atomic E-state index is 13.5. The zero-order valence-corrected chi connectivity index (χ0v) is 20.6. The first-order valence-corrected chi connectivity index (χ1v) is 12.4. The van der Waals surface area contributed by atoms with E-state index in [1.54, 1.807) is 10.6 Å². The average molecular weight is 529 g/mol. The van der Waals surface area contributed by atoms with Gasteiger partial charge in [0.1, 0.15) is 12.4 Å². The number of benzene rings is 3. The van der Waals surface area contributed by atoms with E-state index in [1.807, 2.05) is 84.9 Å². The molecule has 1 aliphatic heterocycles. The predicted octanol–water partition coefficient (Wildman–Crippen LogP) is 5.33. The molecule has 0 amide bonds. The van der Waals surface area contributed by atoms with E-state index in [0.717, 1.165) is 32.6 Å². The molecule has 0 radical (unpaired) electrons. The van der Waals surface area contributed by atoms with Gasteiger partial charge in [-0.05, 0) is 53.1 Å². The van der Waals surface area contributed by atoms with Crippen molar-refractivity contribution >= 4 is 39.0 Å². The monoisotopic (exact) mass is 528 g/mol. The number of fused-ring (bicyclic) bond motifs is 1. The van der Waals surface area contributed by atoms with Crippen LogP contribution in [0, 0.1) is 0 Å². The fourth-order valence-electron chi connectivity index (χ4n) is 3.82. The van der Waals surface area contributed by atoms with Crippen LogP contribution in [0.2, 0.25) is 0 Å². The van der Waals surface area contributed by atoms with E-state index in [1.165, 1.54) is 11.3 Å². The molecule has 0 aliphatic carbocycles. The van der Waals surface area contributed by atoms with Crippen molar-refractivity contribution in [3.63, 3.8) is 0 Å². The highest BCUT2D eigenvalue weighted by molar-refractivity contribution is 9.10. The Morgan fingerprint density at radius 3 is 2.47 bits per heavy atom. The zero-order chi connectivity index (χ0) is 23.5. The molecule has 3 aromatic carbocycles. The molecule has 0 spiro atoms. The second-order valence-electron chi connectivity index (χ2n) is 7.76. The van der Waals surface area contributed by atoms with Crippen LogP contribution in [0.1, 0.15) is 22.7 Å². The fraction of sp³-hybridized carbons (Fsp3) is 0.0714. The van der Waals surface area contributed by atoms with Crippen LogP contribution in [0.25, 0.3) is 11.8 Å². The molecule has 4 nitrogen and oxygen atoms in total. The average Bonchev–Trinajstić information content (AvgIpc) is 3.19. The molecule has 1 unspecified atom stereocenters. The quantitative estimate of drug-likeness (QED) is 0.317. The molecule has 4 aromatic rings. The Labute approximate surface area is 209 Å². The van der Waals surface area contributed by atoms with Gasteiger partial charge in [-0.15, -0.1) is 0 Å². The van der Waals surface area contributed by atoms with E-state index in [-0.39, 0.29) is 11.6 Å². The summed E-state index contributed by atoms with van der Waals surface area (Å²) in [6.07, 6.45) is 5.68. The minimum Gasteiger partial charge on any atom is -0.490 e. The van der Waals surface area contributed by atoms with Crippen molar-refractivity contribution in [1.82, 2.24) is 4.57 Å². The van der Waals surface area contributed by atoms with Gasteiger partial charge in [-0.2, -0.15) is 0 Å². The highest BCUT2D eigenvalue weighted by atomic mass is 79.9. The van der Waals surface area contributed by atoms with Gasteiger partial charge in [0, 0.05) is 4.47 Å². The summed E-state index contributed by atoms with van der Waals surface area (Å²) in [5, 5.41) is 0. The van der Waals surface area contributed by atoms with Gasteiger partial charge in [0.2, 0.25) is 0 Å². The number of ether oxygens (including phenoxy) is 1. The first kappa shape index (κ1) is 22.3. The Morgan fingerprint density at radius 2 is 1.76 bits per heavy atom. The van der Waals surface area contributed by atoms with Crippen LogP contribution in [0.3, 0.4) is 0 Å². The number of hydrogen-bond acceptors (Lipinski definition) is 4. The molecule has 0 saturated heterocycles. The first-order valence-electron chi connectivity index (χ1n) is 10.8. The van der Waals surface area contributed by atoms with Crippen LogP contribution >= 0.6 is 27.3 Å². The van der Waals surface area contributed by atoms with Crippen LogP contribution in [0.4, 0.5) is 0 Å². The molecule has 5 rings (SSSR count). The summed E-state index contributed by atoms with van der Waals surface area (Å²) < 4.78 is 8.98. The molecular weight excluding hydrogens is 508 g/mol. The van der Waals surface area contributed by atoms with E-state index >= 15 is 0 Å². The number of nitrogens with zero attached hydrogens (tertiary/aromatic N) is 2. The van der Waals surface area contributed by atoms with Gasteiger partial charge in [0.05, 0.1) is 16.3 Å². The second kappa shape index (κ2) is 9.79. The van der Waals surface area contributed by atoms with E-state index in [0.29, 0.717) is 15.9 Å². The van der Waals surface area contributed by atoms with Gasteiger partial charge in [-0.3, -0.25) is 9.36 Å². The summed E-state index contributed by atoms with van der Waals surface area (Å²) in [4.78, 5) is 19.1. The molecule has 0 saturated carbocycles. The molecule has 2 heterocycles. The van der Waals surface area contributed by atoms with E-state index in [9.17, 15) is 4.79 Å².